The third kappa shape index (κ3) is 3.48. The highest BCUT2D eigenvalue weighted by molar-refractivity contribution is 14.1. The molecule has 0 spiro atoms. The maximum absolute atomic E-state index is 13.1. The molecule has 0 aliphatic carbocycles. The Morgan fingerprint density at radius 3 is 2.32 bits per heavy atom. The number of nitrogens with zero attached hydrogens (tertiary/aromatic N) is 4. The van der Waals surface area contributed by atoms with Gasteiger partial charge >= 0.3 is 5.69 Å². The van der Waals surface area contributed by atoms with Crippen LogP contribution in [0.4, 0.5) is 5.69 Å². The van der Waals surface area contributed by atoms with Crippen molar-refractivity contribution in [3.63, 3.8) is 0 Å². The van der Waals surface area contributed by atoms with Crippen molar-refractivity contribution in [2.45, 2.75) is 6.54 Å². The maximum Gasteiger partial charge on any atom is 0.331 e. The number of hydrogen-bond acceptors (Lipinski definition) is 4. The van der Waals surface area contributed by atoms with Gasteiger partial charge in [-0.15, -0.1) is 0 Å². The Balaban J connectivity index is 1.96. The minimum Gasteiger partial charge on any atom is -0.368 e. The van der Waals surface area contributed by atoms with Gasteiger partial charge in [0, 0.05) is 36.8 Å². The molecule has 1 aromatic heterocycles. The van der Waals surface area contributed by atoms with Crippen LogP contribution in [0.5, 0.6) is 0 Å². The number of aromatic nitrogens is 2. The lowest BCUT2D eigenvalue weighted by molar-refractivity contribution is 0.313. The van der Waals surface area contributed by atoms with Crippen molar-refractivity contribution < 1.29 is 0 Å². The number of halogens is 1. The van der Waals surface area contributed by atoms with Gasteiger partial charge in [0.25, 0.3) is 5.56 Å². The van der Waals surface area contributed by atoms with Crippen LogP contribution in [0.3, 0.4) is 0 Å². The lowest BCUT2D eigenvalue weighted by Crippen LogP contribution is -2.45. The van der Waals surface area contributed by atoms with Crippen molar-refractivity contribution in [1.29, 1.82) is 0 Å². The monoisotopic (exact) mass is 490 g/mol. The van der Waals surface area contributed by atoms with Gasteiger partial charge in [0.05, 0.1) is 23.1 Å². The summed E-state index contributed by atoms with van der Waals surface area (Å²) in [5.74, 6) is 0. The van der Waals surface area contributed by atoms with E-state index in [0.29, 0.717) is 17.4 Å². The fraction of sp³-hybridized carbons (Fsp3) is 0.333. The van der Waals surface area contributed by atoms with E-state index in [2.05, 4.69) is 45.5 Å². The molecule has 146 valence electrons. The summed E-state index contributed by atoms with van der Waals surface area (Å²) in [5.41, 5.74) is 2.15. The molecule has 2 heterocycles. The van der Waals surface area contributed by atoms with E-state index in [-0.39, 0.29) is 11.2 Å². The zero-order chi connectivity index (χ0) is 19.8. The molecule has 0 N–H and O–H groups in total. The summed E-state index contributed by atoms with van der Waals surface area (Å²) < 4.78 is 3.97. The molecule has 1 aliphatic rings. The summed E-state index contributed by atoms with van der Waals surface area (Å²) in [6.07, 6.45) is 0. The molecule has 28 heavy (non-hydrogen) atoms. The van der Waals surface area contributed by atoms with Crippen LogP contribution in [-0.4, -0.2) is 47.3 Å². The van der Waals surface area contributed by atoms with Crippen molar-refractivity contribution in [2.24, 2.45) is 7.05 Å². The summed E-state index contributed by atoms with van der Waals surface area (Å²) in [5, 5.41) is 0.628. The second kappa shape index (κ2) is 7.71. The lowest BCUT2D eigenvalue weighted by Gasteiger charge is -2.34. The fourth-order valence-corrected chi connectivity index (χ4v) is 4.35. The Bertz CT molecular complexity index is 1130. The molecule has 1 aliphatic heterocycles. The van der Waals surface area contributed by atoms with E-state index in [4.69, 9.17) is 0 Å². The van der Waals surface area contributed by atoms with E-state index in [9.17, 15) is 9.59 Å². The molecule has 0 bridgehead atoms. The molecular weight excluding hydrogens is 467 g/mol. The van der Waals surface area contributed by atoms with Crippen molar-refractivity contribution in [2.75, 3.05) is 38.1 Å². The van der Waals surface area contributed by atoms with Gasteiger partial charge in [0.15, 0.2) is 0 Å². The van der Waals surface area contributed by atoms with E-state index >= 15 is 0 Å². The standard InChI is InChI=1S/C21H23IN4O2/c1-23-8-10-25(11-9-23)17-12-16(22)13-18-19(17)20(27)24(2)21(28)26(18)14-15-6-4-3-5-7-15/h3-7,12-13H,8-11,14H2,1-2H3. The number of rotatable bonds is 3. The quantitative estimate of drug-likeness (QED) is 0.528. The van der Waals surface area contributed by atoms with Crippen LogP contribution in [0.2, 0.25) is 0 Å². The molecule has 1 saturated heterocycles. The molecule has 0 radical (unpaired) electrons. The molecule has 2 aromatic carbocycles. The normalized spacial score (nSPS) is 15.3. The summed E-state index contributed by atoms with van der Waals surface area (Å²) in [4.78, 5) is 30.6. The van der Waals surface area contributed by atoms with E-state index < -0.39 is 0 Å². The number of likely N-dealkylation sites (N-methyl/N-ethyl adjacent to an activating group) is 1. The lowest BCUT2D eigenvalue weighted by atomic mass is 10.1. The van der Waals surface area contributed by atoms with Crippen LogP contribution in [0.1, 0.15) is 5.56 Å². The van der Waals surface area contributed by atoms with Gasteiger partial charge in [-0.3, -0.25) is 13.9 Å². The van der Waals surface area contributed by atoms with Crippen LogP contribution < -0.4 is 16.1 Å². The molecule has 7 heteroatoms. The highest BCUT2D eigenvalue weighted by atomic mass is 127. The Morgan fingerprint density at radius 2 is 1.64 bits per heavy atom. The zero-order valence-electron chi connectivity index (χ0n) is 16.1. The van der Waals surface area contributed by atoms with Gasteiger partial charge in [0.2, 0.25) is 0 Å². The highest BCUT2D eigenvalue weighted by Crippen LogP contribution is 2.28. The first-order chi connectivity index (χ1) is 13.5. The molecule has 1 fully saturated rings. The van der Waals surface area contributed by atoms with Crippen molar-refractivity contribution in [1.82, 2.24) is 14.0 Å². The summed E-state index contributed by atoms with van der Waals surface area (Å²) in [6, 6.07) is 13.9. The number of anilines is 1. The smallest absolute Gasteiger partial charge is 0.331 e. The Labute approximate surface area is 177 Å². The molecule has 0 amide bonds. The van der Waals surface area contributed by atoms with Crippen LogP contribution in [0.25, 0.3) is 10.9 Å². The SMILES string of the molecule is CN1CCN(c2cc(I)cc3c2c(=O)n(C)c(=O)n3Cc2ccccc2)CC1. The van der Waals surface area contributed by atoms with Crippen molar-refractivity contribution in [3.8, 4) is 0 Å². The number of fused-ring (bicyclic) bond motifs is 1. The van der Waals surface area contributed by atoms with E-state index in [1.54, 1.807) is 11.6 Å². The van der Waals surface area contributed by atoms with Gasteiger partial charge < -0.3 is 9.80 Å². The van der Waals surface area contributed by atoms with Crippen LogP contribution in [0.15, 0.2) is 52.1 Å². The van der Waals surface area contributed by atoms with Gasteiger partial charge in [0.1, 0.15) is 0 Å². The first-order valence-corrected chi connectivity index (χ1v) is 10.4. The first kappa shape index (κ1) is 19.2. The largest absolute Gasteiger partial charge is 0.368 e. The average molecular weight is 490 g/mol. The van der Waals surface area contributed by atoms with Gasteiger partial charge in [-0.2, -0.15) is 0 Å². The molecule has 6 nitrogen and oxygen atoms in total. The Morgan fingerprint density at radius 1 is 0.964 bits per heavy atom. The average Bonchev–Trinajstić information content (AvgIpc) is 2.70. The topological polar surface area (TPSA) is 50.5 Å². The van der Waals surface area contributed by atoms with Crippen LogP contribution in [-0.2, 0) is 13.6 Å². The Kier molecular flexibility index (Phi) is 5.29. The third-order valence-corrected chi connectivity index (χ3v) is 6.04. The molecule has 4 rings (SSSR count). The van der Waals surface area contributed by atoms with E-state index in [0.717, 1.165) is 41.0 Å². The summed E-state index contributed by atoms with van der Waals surface area (Å²) in [7, 11) is 3.68. The highest BCUT2D eigenvalue weighted by Gasteiger charge is 2.21. The minimum atomic E-state index is -0.285. The van der Waals surface area contributed by atoms with Crippen LogP contribution >= 0.6 is 22.6 Å². The van der Waals surface area contributed by atoms with E-state index in [1.807, 2.05) is 36.4 Å². The number of benzene rings is 2. The summed E-state index contributed by atoms with van der Waals surface area (Å²) in [6.45, 7) is 4.08. The van der Waals surface area contributed by atoms with Gasteiger partial charge in [-0.25, -0.2) is 4.79 Å². The van der Waals surface area contributed by atoms with Crippen molar-refractivity contribution in [3.05, 3.63) is 72.4 Å². The predicted octanol–water partition coefficient (Wildman–Crippen LogP) is 2.10. The molecule has 0 atom stereocenters. The zero-order valence-corrected chi connectivity index (χ0v) is 18.2. The maximum atomic E-state index is 13.1. The van der Waals surface area contributed by atoms with Crippen LogP contribution in [0, 0.1) is 3.57 Å². The number of hydrogen-bond donors (Lipinski definition) is 0. The third-order valence-electron chi connectivity index (χ3n) is 5.42. The van der Waals surface area contributed by atoms with Gasteiger partial charge in [-0.05, 0) is 47.3 Å². The second-order valence-electron chi connectivity index (χ2n) is 7.33. The minimum absolute atomic E-state index is 0.227. The predicted molar refractivity (Wildman–Crippen MR) is 121 cm³/mol. The van der Waals surface area contributed by atoms with Gasteiger partial charge in [-0.1, -0.05) is 30.3 Å². The summed E-state index contributed by atoms with van der Waals surface area (Å²) >= 11 is 2.27. The first-order valence-electron chi connectivity index (χ1n) is 9.36. The number of piperazine rings is 1. The molecule has 0 unspecified atom stereocenters. The molecule has 0 saturated carbocycles. The van der Waals surface area contributed by atoms with E-state index in [1.165, 1.54) is 4.57 Å². The molecule has 3 aromatic rings. The fourth-order valence-electron chi connectivity index (χ4n) is 3.76. The molecular formula is C21H23IN4O2. The second-order valence-corrected chi connectivity index (χ2v) is 8.57. The Hall–Kier alpha value is -2.13. The van der Waals surface area contributed by atoms with Crippen molar-refractivity contribution >= 4 is 39.2 Å².